The average molecular weight is 515 g/mol. The lowest BCUT2D eigenvalue weighted by Crippen LogP contribution is -2.30. The third kappa shape index (κ3) is 6.70. The van der Waals surface area contributed by atoms with E-state index >= 15 is 0 Å². The van der Waals surface area contributed by atoms with Crippen LogP contribution in [0.1, 0.15) is 23.4 Å². The molecule has 4 rings (SSSR count). The van der Waals surface area contributed by atoms with E-state index in [0.29, 0.717) is 37.4 Å². The number of hydrogen-bond acceptors (Lipinski definition) is 5. The van der Waals surface area contributed by atoms with Gasteiger partial charge < -0.3 is 24.3 Å². The number of aromatic nitrogens is 2. The van der Waals surface area contributed by atoms with Gasteiger partial charge in [-0.15, -0.1) is 0 Å². The van der Waals surface area contributed by atoms with Crippen molar-refractivity contribution in [2.45, 2.75) is 32.4 Å². The fourth-order valence-electron chi connectivity index (χ4n) is 4.41. The molecule has 0 aliphatic carbocycles. The van der Waals surface area contributed by atoms with Crippen molar-refractivity contribution < 1.29 is 19.1 Å². The second-order valence-corrected chi connectivity index (χ2v) is 9.16. The molecule has 0 unspecified atom stereocenters. The molecule has 1 heterocycles. The van der Waals surface area contributed by atoms with Gasteiger partial charge in [-0.2, -0.15) is 0 Å². The van der Waals surface area contributed by atoms with Crippen molar-refractivity contribution in [1.82, 2.24) is 19.8 Å². The smallest absolute Gasteiger partial charge is 0.242 e. The van der Waals surface area contributed by atoms with Gasteiger partial charge in [0.1, 0.15) is 12.4 Å². The first-order chi connectivity index (χ1) is 18.5. The number of nitrogens with one attached hydrogen (secondary N) is 1. The van der Waals surface area contributed by atoms with E-state index in [1.807, 2.05) is 78.3 Å². The molecule has 0 aliphatic heterocycles. The summed E-state index contributed by atoms with van der Waals surface area (Å²) < 4.78 is 12.6. The summed E-state index contributed by atoms with van der Waals surface area (Å²) >= 11 is 0. The SMILES string of the molecule is COc1ccc(CC(=O)NCCCc2nc3ccccc3n2CC(=O)N(C)Cc2ccccc2)cc1OC. The van der Waals surface area contributed by atoms with Gasteiger partial charge >= 0.3 is 0 Å². The zero-order chi connectivity index (χ0) is 26.9. The minimum atomic E-state index is -0.0663. The van der Waals surface area contributed by atoms with Crippen LogP contribution in [0.3, 0.4) is 0 Å². The number of likely N-dealkylation sites (N-methyl/N-ethyl adjacent to an activating group) is 1. The summed E-state index contributed by atoms with van der Waals surface area (Å²) in [6.45, 7) is 1.27. The molecule has 0 atom stereocenters. The Kier molecular flexibility index (Phi) is 8.98. The minimum Gasteiger partial charge on any atom is -0.493 e. The Balaban J connectivity index is 1.35. The van der Waals surface area contributed by atoms with Gasteiger partial charge in [0, 0.05) is 26.6 Å². The Morgan fingerprint density at radius 2 is 1.66 bits per heavy atom. The third-order valence-corrected chi connectivity index (χ3v) is 6.43. The van der Waals surface area contributed by atoms with E-state index < -0.39 is 0 Å². The molecular weight excluding hydrogens is 480 g/mol. The molecule has 38 heavy (non-hydrogen) atoms. The average Bonchev–Trinajstić information content (AvgIpc) is 3.28. The van der Waals surface area contributed by atoms with Crippen LogP contribution in [0.2, 0.25) is 0 Å². The van der Waals surface area contributed by atoms with Gasteiger partial charge in [0.05, 0.1) is 31.7 Å². The van der Waals surface area contributed by atoms with Crippen LogP contribution in [0.25, 0.3) is 11.0 Å². The number of amides is 2. The molecule has 4 aromatic rings. The summed E-state index contributed by atoms with van der Waals surface area (Å²) in [7, 11) is 4.98. The van der Waals surface area contributed by atoms with Crippen LogP contribution in [0.15, 0.2) is 72.8 Å². The van der Waals surface area contributed by atoms with Crippen LogP contribution in [-0.4, -0.2) is 54.1 Å². The Labute approximate surface area is 223 Å². The molecule has 2 amide bonds. The molecule has 0 spiro atoms. The Morgan fingerprint density at radius 1 is 0.921 bits per heavy atom. The van der Waals surface area contributed by atoms with Crippen molar-refractivity contribution in [3.8, 4) is 11.5 Å². The van der Waals surface area contributed by atoms with Crippen molar-refractivity contribution in [2.75, 3.05) is 27.8 Å². The molecule has 0 bridgehead atoms. The normalized spacial score (nSPS) is 10.8. The summed E-state index contributed by atoms with van der Waals surface area (Å²) in [5.74, 6) is 2.01. The molecule has 198 valence electrons. The van der Waals surface area contributed by atoms with Crippen LogP contribution >= 0.6 is 0 Å². The number of imidazole rings is 1. The van der Waals surface area contributed by atoms with Crippen LogP contribution in [-0.2, 0) is 35.5 Å². The number of benzene rings is 3. The van der Waals surface area contributed by atoms with E-state index in [1.165, 1.54) is 0 Å². The highest BCUT2D eigenvalue weighted by Gasteiger charge is 2.16. The van der Waals surface area contributed by atoms with Crippen molar-refractivity contribution in [2.24, 2.45) is 0 Å². The lowest BCUT2D eigenvalue weighted by atomic mass is 10.1. The lowest BCUT2D eigenvalue weighted by Gasteiger charge is -2.19. The first kappa shape index (κ1) is 26.7. The van der Waals surface area contributed by atoms with Crippen molar-refractivity contribution in [3.63, 3.8) is 0 Å². The predicted octanol–water partition coefficient (Wildman–Crippen LogP) is 4.00. The lowest BCUT2D eigenvalue weighted by molar-refractivity contribution is -0.131. The van der Waals surface area contributed by atoms with E-state index in [9.17, 15) is 9.59 Å². The highest BCUT2D eigenvalue weighted by molar-refractivity contribution is 5.81. The summed E-state index contributed by atoms with van der Waals surface area (Å²) in [6.07, 6.45) is 1.59. The second-order valence-electron chi connectivity index (χ2n) is 9.16. The van der Waals surface area contributed by atoms with Gasteiger partial charge in [0.15, 0.2) is 11.5 Å². The van der Waals surface area contributed by atoms with E-state index in [2.05, 4.69) is 5.32 Å². The molecule has 0 saturated carbocycles. The van der Waals surface area contributed by atoms with E-state index in [-0.39, 0.29) is 24.8 Å². The summed E-state index contributed by atoms with van der Waals surface area (Å²) in [5, 5.41) is 2.98. The van der Waals surface area contributed by atoms with Crippen LogP contribution in [0.5, 0.6) is 11.5 Å². The largest absolute Gasteiger partial charge is 0.493 e. The number of aryl methyl sites for hydroxylation is 1. The molecule has 3 aromatic carbocycles. The topological polar surface area (TPSA) is 85.7 Å². The van der Waals surface area contributed by atoms with E-state index in [4.69, 9.17) is 14.5 Å². The Hall–Kier alpha value is -4.33. The van der Waals surface area contributed by atoms with E-state index in [0.717, 1.165) is 28.0 Å². The van der Waals surface area contributed by atoms with Gasteiger partial charge in [-0.25, -0.2) is 4.98 Å². The standard InChI is InChI=1S/C30H34N4O4/c1-33(20-22-10-5-4-6-11-22)30(36)21-34-25-13-8-7-12-24(25)32-28(34)14-9-17-31-29(35)19-23-15-16-26(37-2)27(18-23)38-3/h4-8,10-13,15-16,18H,9,14,17,19-21H2,1-3H3,(H,31,35). The molecule has 8 nitrogen and oxygen atoms in total. The van der Waals surface area contributed by atoms with Crippen LogP contribution < -0.4 is 14.8 Å². The number of methoxy groups -OCH3 is 2. The number of hydrogen-bond donors (Lipinski definition) is 1. The molecule has 8 heteroatoms. The van der Waals surface area contributed by atoms with E-state index in [1.54, 1.807) is 25.2 Å². The highest BCUT2D eigenvalue weighted by Crippen LogP contribution is 2.27. The molecule has 1 aromatic heterocycles. The van der Waals surface area contributed by atoms with Gasteiger partial charge in [-0.05, 0) is 41.8 Å². The number of carbonyl (C=O) groups excluding carboxylic acids is 2. The zero-order valence-corrected chi connectivity index (χ0v) is 22.1. The first-order valence-corrected chi connectivity index (χ1v) is 12.7. The number of para-hydroxylation sites is 2. The molecular formula is C30H34N4O4. The zero-order valence-electron chi connectivity index (χ0n) is 22.1. The number of ether oxygens (including phenoxy) is 2. The number of rotatable bonds is 12. The van der Waals surface area contributed by atoms with Gasteiger partial charge in [-0.1, -0.05) is 48.5 Å². The van der Waals surface area contributed by atoms with Crippen LogP contribution in [0.4, 0.5) is 0 Å². The molecule has 0 aliphatic rings. The number of fused-ring (bicyclic) bond motifs is 1. The predicted molar refractivity (Wildman–Crippen MR) is 147 cm³/mol. The molecule has 0 fully saturated rings. The molecule has 0 radical (unpaired) electrons. The van der Waals surface area contributed by atoms with Crippen molar-refractivity contribution in [3.05, 3.63) is 89.7 Å². The number of carbonyl (C=O) groups is 2. The number of nitrogens with zero attached hydrogens (tertiary/aromatic N) is 3. The summed E-state index contributed by atoms with van der Waals surface area (Å²) in [6, 6.07) is 23.3. The highest BCUT2D eigenvalue weighted by atomic mass is 16.5. The second kappa shape index (κ2) is 12.8. The van der Waals surface area contributed by atoms with Crippen molar-refractivity contribution >= 4 is 22.8 Å². The van der Waals surface area contributed by atoms with Crippen molar-refractivity contribution in [1.29, 1.82) is 0 Å². The summed E-state index contributed by atoms with van der Waals surface area (Å²) in [5.41, 5.74) is 3.72. The Morgan fingerprint density at radius 3 is 2.42 bits per heavy atom. The maximum Gasteiger partial charge on any atom is 0.242 e. The maximum atomic E-state index is 13.1. The first-order valence-electron chi connectivity index (χ1n) is 12.7. The Bertz CT molecular complexity index is 1380. The van der Waals surface area contributed by atoms with Crippen LogP contribution in [0, 0.1) is 0 Å². The fourth-order valence-corrected chi connectivity index (χ4v) is 4.41. The monoisotopic (exact) mass is 514 g/mol. The van der Waals surface area contributed by atoms with Gasteiger partial charge in [0.2, 0.25) is 11.8 Å². The minimum absolute atomic E-state index is 0.0153. The fraction of sp³-hybridized carbons (Fsp3) is 0.300. The molecule has 1 N–H and O–H groups in total. The summed E-state index contributed by atoms with van der Waals surface area (Å²) in [4.78, 5) is 32.1. The quantitative estimate of drug-likeness (QED) is 0.289. The maximum absolute atomic E-state index is 13.1. The third-order valence-electron chi connectivity index (χ3n) is 6.43. The van der Waals surface area contributed by atoms with Gasteiger partial charge in [0.25, 0.3) is 0 Å². The van der Waals surface area contributed by atoms with Gasteiger partial charge in [-0.3, -0.25) is 9.59 Å². The molecule has 0 saturated heterocycles.